The first-order valence-corrected chi connectivity index (χ1v) is 8.02. The third-order valence-electron chi connectivity index (χ3n) is 4.74. The monoisotopic (exact) mass is 291 g/mol. The van der Waals surface area contributed by atoms with E-state index in [0.717, 1.165) is 24.3 Å². The first kappa shape index (κ1) is 16.1. The summed E-state index contributed by atoms with van der Waals surface area (Å²) in [5.74, 6) is 0.375. The Hall–Kier alpha value is -1.26. The normalized spacial score (nSPS) is 20.7. The fourth-order valence-corrected chi connectivity index (χ4v) is 3.23. The van der Waals surface area contributed by atoms with Gasteiger partial charge >= 0.3 is 0 Å². The average molecular weight is 291 g/mol. The van der Waals surface area contributed by atoms with Crippen molar-refractivity contribution in [2.45, 2.75) is 38.8 Å². The second kappa shape index (κ2) is 7.14. The van der Waals surface area contributed by atoms with Crippen LogP contribution in [0.1, 0.15) is 38.3 Å². The number of nitrogens with one attached hydrogen (secondary N) is 1. The number of likely N-dealkylation sites (tertiary alicyclic amines) is 1. The maximum atomic E-state index is 10.2. The van der Waals surface area contributed by atoms with Gasteiger partial charge in [0.2, 0.25) is 0 Å². The van der Waals surface area contributed by atoms with Gasteiger partial charge in [-0.1, -0.05) is 13.0 Å². The van der Waals surface area contributed by atoms with E-state index in [1.807, 2.05) is 19.2 Å². The largest absolute Gasteiger partial charge is 0.508 e. The lowest BCUT2D eigenvalue weighted by molar-refractivity contribution is 0.270. The van der Waals surface area contributed by atoms with Gasteiger partial charge in [0, 0.05) is 43.0 Å². The summed E-state index contributed by atoms with van der Waals surface area (Å²) >= 11 is 0. The summed E-state index contributed by atoms with van der Waals surface area (Å²) in [6, 6.07) is 6.81. The highest BCUT2D eigenvalue weighted by Gasteiger charge is 2.24. The molecule has 0 amide bonds. The van der Waals surface area contributed by atoms with Crippen LogP contribution in [0.3, 0.4) is 0 Å². The summed E-state index contributed by atoms with van der Waals surface area (Å²) < 4.78 is 0. The van der Waals surface area contributed by atoms with Crippen LogP contribution in [-0.4, -0.2) is 49.8 Å². The predicted molar refractivity (Wildman–Crippen MR) is 89.1 cm³/mol. The lowest BCUT2D eigenvalue weighted by atomic mass is 10.1. The van der Waals surface area contributed by atoms with Gasteiger partial charge in [-0.2, -0.15) is 0 Å². The summed E-state index contributed by atoms with van der Waals surface area (Å²) in [5.41, 5.74) is 2.04. The molecular formula is C17H29N3O. The van der Waals surface area contributed by atoms with E-state index in [0.29, 0.717) is 11.8 Å². The average Bonchev–Trinajstić information content (AvgIpc) is 2.93. The Balaban J connectivity index is 2.05. The molecule has 1 aliphatic heterocycles. The molecule has 2 atom stereocenters. The van der Waals surface area contributed by atoms with Gasteiger partial charge in [0.25, 0.3) is 0 Å². The minimum Gasteiger partial charge on any atom is -0.508 e. The van der Waals surface area contributed by atoms with E-state index in [2.05, 4.69) is 42.1 Å². The van der Waals surface area contributed by atoms with E-state index in [-0.39, 0.29) is 6.04 Å². The first-order valence-electron chi connectivity index (χ1n) is 8.02. The molecule has 0 aromatic heterocycles. The molecule has 21 heavy (non-hydrogen) atoms. The molecule has 0 spiro atoms. The third-order valence-corrected chi connectivity index (χ3v) is 4.74. The van der Waals surface area contributed by atoms with E-state index in [1.165, 1.54) is 19.4 Å². The zero-order valence-electron chi connectivity index (χ0n) is 13.8. The van der Waals surface area contributed by atoms with Gasteiger partial charge in [0.1, 0.15) is 5.75 Å². The topological polar surface area (TPSA) is 38.7 Å². The summed E-state index contributed by atoms with van der Waals surface area (Å²) in [6.45, 7) is 7.66. The number of phenolic OH excluding ortho intramolecular Hbond substituents is 1. The molecule has 1 saturated heterocycles. The number of likely N-dealkylation sites (N-methyl/N-ethyl adjacent to an activating group) is 2. The molecule has 1 aromatic carbocycles. The molecule has 118 valence electrons. The predicted octanol–water partition coefficient (Wildman–Crippen LogP) is 2.59. The van der Waals surface area contributed by atoms with Crippen LogP contribution in [0, 0.1) is 0 Å². The summed E-state index contributed by atoms with van der Waals surface area (Å²) in [4.78, 5) is 4.81. The third kappa shape index (κ3) is 3.69. The number of phenols is 1. The zero-order valence-corrected chi connectivity index (χ0v) is 13.8. The summed E-state index contributed by atoms with van der Waals surface area (Å²) in [5, 5.41) is 13.4. The number of hydrogen-bond donors (Lipinski definition) is 2. The zero-order chi connectivity index (χ0) is 15.4. The Labute approximate surface area is 128 Å². The molecule has 2 N–H and O–H groups in total. The second-order valence-electron chi connectivity index (χ2n) is 6.06. The molecule has 0 radical (unpaired) electrons. The standard InChI is InChI=1S/C17H29N3O/c1-5-20-10-6-7-15(20)12-19(4)14-8-9-16(13(2)18-3)17(21)11-14/h8-9,11,13,15,18,21H,5-7,10,12H2,1-4H3. The van der Waals surface area contributed by atoms with Crippen LogP contribution < -0.4 is 10.2 Å². The van der Waals surface area contributed by atoms with E-state index in [1.54, 1.807) is 0 Å². The number of hydrogen-bond acceptors (Lipinski definition) is 4. The summed E-state index contributed by atoms with van der Waals surface area (Å²) in [7, 11) is 4.02. The van der Waals surface area contributed by atoms with E-state index < -0.39 is 0 Å². The van der Waals surface area contributed by atoms with E-state index in [4.69, 9.17) is 0 Å². The highest BCUT2D eigenvalue weighted by Crippen LogP contribution is 2.29. The quantitative estimate of drug-likeness (QED) is 0.845. The molecule has 1 fully saturated rings. The highest BCUT2D eigenvalue weighted by atomic mass is 16.3. The van der Waals surface area contributed by atoms with Crippen LogP contribution in [0.4, 0.5) is 5.69 Å². The molecule has 4 nitrogen and oxygen atoms in total. The van der Waals surface area contributed by atoms with Gasteiger partial charge in [-0.25, -0.2) is 0 Å². The molecule has 1 heterocycles. The number of benzene rings is 1. The molecule has 1 aromatic rings. The fourth-order valence-electron chi connectivity index (χ4n) is 3.23. The Bertz CT molecular complexity index is 463. The van der Waals surface area contributed by atoms with Crippen LogP contribution in [0.15, 0.2) is 18.2 Å². The molecule has 1 aliphatic rings. The molecule has 0 saturated carbocycles. The first-order chi connectivity index (χ1) is 10.1. The molecule has 0 aliphatic carbocycles. The van der Waals surface area contributed by atoms with Crippen molar-refractivity contribution >= 4 is 5.69 Å². The summed E-state index contributed by atoms with van der Waals surface area (Å²) in [6.07, 6.45) is 2.58. The van der Waals surface area contributed by atoms with Crippen LogP contribution >= 0.6 is 0 Å². The number of rotatable bonds is 6. The molecule has 4 heteroatoms. The number of anilines is 1. The van der Waals surface area contributed by atoms with Crippen LogP contribution in [0.5, 0.6) is 5.75 Å². The minimum absolute atomic E-state index is 0.162. The minimum atomic E-state index is 0.162. The molecule has 2 rings (SSSR count). The van der Waals surface area contributed by atoms with Crippen molar-refractivity contribution in [3.05, 3.63) is 23.8 Å². The van der Waals surface area contributed by atoms with Gasteiger partial charge in [-0.15, -0.1) is 0 Å². The number of nitrogens with zero attached hydrogens (tertiary/aromatic N) is 2. The molecule has 2 unspecified atom stereocenters. The molecular weight excluding hydrogens is 262 g/mol. The van der Waals surface area contributed by atoms with Crippen molar-refractivity contribution < 1.29 is 5.11 Å². The van der Waals surface area contributed by atoms with Crippen molar-refractivity contribution in [1.29, 1.82) is 0 Å². The lowest BCUT2D eigenvalue weighted by Gasteiger charge is -2.29. The van der Waals surface area contributed by atoms with Crippen molar-refractivity contribution in [2.24, 2.45) is 0 Å². The van der Waals surface area contributed by atoms with Gasteiger partial charge in [0.15, 0.2) is 0 Å². The van der Waals surface area contributed by atoms with E-state index in [9.17, 15) is 5.11 Å². The van der Waals surface area contributed by atoms with E-state index >= 15 is 0 Å². The van der Waals surface area contributed by atoms with Crippen LogP contribution in [0.25, 0.3) is 0 Å². The second-order valence-corrected chi connectivity index (χ2v) is 6.06. The van der Waals surface area contributed by atoms with Crippen LogP contribution in [0.2, 0.25) is 0 Å². The van der Waals surface area contributed by atoms with Gasteiger partial charge < -0.3 is 15.3 Å². The SMILES string of the molecule is CCN1CCCC1CN(C)c1ccc(C(C)NC)c(O)c1. The highest BCUT2D eigenvalue weighted by molar-refractivity contribution is 5.53. The molecule has 0 bridgehead atoms. The Morgan fingerprint density at radius 3 is 2.86 bits per heavy atom. The smallest absolute Gasteiger partial charge is 0.122 e. The maximum Gasteiger partial charge on any atom is 0.122 e. The van der Waals surface area contributed by atoms with Gasteiger partial charge in [-0.3, -0.25) is 4.90 Å². The van der Waals surface area contributed by atoms with Crippen molar-refractivity contribution in [3.63, 3.8) is 0 Å². The van der Waals surface area contributed by atoms with Crippen molar-refractivity contribution in [2.75, 3.05) is 38.6 Å². The number of aromatic hydroxyl groups is 1. The van der Waals surface area contributed by atoms with Crippen molar-refractivity contribution in [3.8, 4) is 5.75 Å². The lowest BCUT2D eigenvalue weighted by Crippen LogP contribution is -2.38. The Morgan fingerprint density at radius 2 is 2.24 bits per heavy atom. The van der Waals surface area contributed by atoms with Gasteiger partial charge in [-0.05, 0) is 46.0 Å². The van der Waals surface area contributed by atoms with Crippen molar-refractivity contribution in [1.82, 2.24) is 10.2 Å². The Morgan fingerprint density at radius 1 is 1.48 bits per heavy atom. The van der Waals surface area contributed by atoms with Crippen LogP contribution in [-0.2, 0) is 0 Å². The fraction of sp³-hybridized carbons (Fsp3) is 0.647. The maximum absolute atomic E-state index is 10.2. The van der Waals surface area contributed by atoms with Gasteiger partial charge in [0.05, 0.1) is 0 Å². The Kier molecular flexibility index (Phi) is 5.48.